The molecule has 0 atom stereocenters. The van der Waals surface area contributed by atoms with Crippen LogP contribution in [0.15, 0.2) is 18.2 Å². The number of phenols is 1. The molecule has 0 radical (unpaired) electrons. The highest BCUT2D eigenvalue weighted by molar-refractivity contribution is 5.52. The molecule has 62 valence electrons. The van der Waals surface area contributed by atoms with E-state index >= 15 is 0 Å². The fraction of sp³-hybridized carbons (Fsp3) is 0.333. The van der Waals surface area contributed by atoms with Gasteiger partial charge in [0.05, 0.1) is 5.69 Å². The van der Waals surface area contributed by atoms with Crippen molar-refractivity contribution in [1.82, 2.24) is 0 Å². The van der Waals surface area contributed by atoms with Gasteiger partial charge in [-0.05, 0) is 24.6 Å². The summed E-state index contributed by atoms with van der Waals surface area (Å²) in [4.78, 5) is 0. The summed E-state index contributed by atoms with van der Waals surface area (Å²) in [7, 11) is 0. The van der Waals surface area contributed by atoms with E-state index in [9.17, 15) is 0 Å². The van der Waals surface area contributed by atoms with Crippen molar-refractivity contribution in [3.05, 3.63) is 23.8 Å². The molecule has 1 aromatic rings. The molecule has 0 spiro atoms. The van der Waals surface area contributed by atoms with E-state index < -0.39 is 0 Å². The van der Waals surface area contributed by atoms with Gasteiger partial charge in [-0.25, -0.2) is 0 Å². The lowest BCUT2D eigenvalue weighted by atomic mass is 10.2. The molecule has 0 bridgehead atoms. The Kier molecular flexibility index (Phi) is 4.11. The molecule has 0 aromatic heterocycles. The predicted molar refractivity (Wildman–Crippen MR) is 48.6 cm³/mol. The zero-order chi connectivity index (χ0) is 8.85. The van der Waals surface area contributed by atoms with Crippen molar-refractivity contribution in [2.45, 2.75) is 20.8 Å². The van der Waals surface area contributed by atoms with Crippen LogP contribution in [0.4, 0.5) is 5.69 Å². The van der Waals surface area contributed by atoms with Gasteiger partial charge in [-0.3, -0.25) is 0 Å². The second-order valence-corrected chi connectivity index (χ2v) is 2.06. The summed E-state index contributed by atoms with van der Waals surface area (Å²) in [5.74, 6) is 0.153. The topological polar surface area (TPSA) is 46.2 Å². The first-order chi connectivity index (χ1) is 5.20. The molecule has 2 nitrogen and oxygen atoms in total. The zero-order valence-corrected chi connectivity index (χ0v) is 7.26. The van der Waals surface area contributed by atoms with E-state index in [4.69, 9.17) is 10.8 Å². The first-order valence-corrected chi connectivity index (χ1v) is 3.75. The fourth-order valence-electron chi connectivity index (χ4n) is 0.674. The Morgan fingerprint density at radius 2 is 1.82 bits per heavy atom. The molecule has 0 aliphatic heterocycles. The number of aryl methyl sites for hydroxylation is 1. The molecular weight excluding hydrogens is 138 g/mol. The lowest BCUT2D eigenvalue weighted by molar-refractivity contribution is 0.478. The minimum Gasteiger partial charge on any atom is -0.506 e. The number of anilines is 1. The average molecular weight is 153 g/mol. The summed E-state index contributed by atoms with van der Waals surface area (Å²) in [5, 5.41) is 8.92. The van der Waals surface area contributed by atoms with Crippen LogP contribution in [0, 0.1) is 6.92 Å². The van der Waals surface area contributed by atoms with Crippen LogP contribution in [-0.4, -0.2) is 5.11 Å². The number of benzene rings is 1. The van der Waals surface area contributed by atoms with Crippen LogP contribution in [0.3, 0.4) is 0 Å². The molecule has 11 heavy (non-hydrogen) atoms. The molecule has 1 aromatic carbocycles. The van der Waals surface area contributed by atoms with Crippen LogP contribution in [0.1, 0.15) is 19.4 Å². The van der Waals surface area contributed by atoms with Gasteiger partial charge < -0.3 is 10.8 Å². The van der Waals surface area contributed by atoms with Crippen molar-refractivity contribution in [3.8, 4) is 5.75 Å². The maximum absolute atomic E-state index is 8.92. The SMILES string of the molecule is CC.Cc1ccc(O)c(N)c1. The standard InChI is InChI=1S/C7H9NO.C2H6/c1-5-2-3-7(9)6(8)4-5;1-2/h2-4,9H,8H2,1H3;1-2H3. The Bertz CT molecular complexity index is 221. The number of hydrogen-bond donors (Lipinski definition) is 2. The second kappa shape index (κ2) is 4.61. The molecule has 1 rings (SSSR count). The quantitative estimate of drug-likeness (QED) is 0.444. The zero-order valence-electron chi connectivity index (χ0n) is 7.26. The molecule has 0 aliphatic rings. The van der Waals surface area contributed by atoms with Gasteiger partial charge in [0.15, 0.2) is 0 Å². The van der Waals surface area contributed by atoms with Crippen molar-refractivity contribution < 1.29 is 5.11 Å². The van der Waals surface area contributed by atoms with Crippen molar-refractivity contribution in [2.75, 3.05) is 5.73 Å². The van der Waals surface area contributed by atoms with E-state index in [0.29, 0.717) is 5.69 Å². The number of phenolic OH excluding ortho intramolecular Hbond substituents is 1. The van der Waals surface area contributed by atoms with Crippen molar-refractivity contribution in [1.29, 1.82) is 0 Å². The molecule has 0 fully saturated rings. The predicted octanol–water partition coefficient (Wildman–Crippen LogP) is 2.31. The van der Waals surface area contributed by atoms with E-state index in [0.717, 1.165) is 5.56 Å². The van der Waals surface area contributed by atoms with Crippen LogP contribution < -0.4 is 5.73 Å². The van der Waals surface area contributed by atoms with Crippen molar-refractivity contribution in [2.24, 2.45) is 0 Å². The first-order valence-electron chi connectivity index (χ1n) is 3.75. The number of nitrogens with two attached hydrogens (primary N) is 1. The maximum Gasteiger partial charge on any atom is 0.138 e. The van der Waals surface area contributed by atoms with Crippen molar-refractivity contribution in [3.63, 3.8) is 0 Å². The minimum absolute atomic E-state index is 0.153. The van der Waals surface area contributed by atoms with Crippen LogP contribution in [0.5, 0.6) is 5.75 Å². The molecular formula is C9H15NO. The molecule has 0 saturated heterocycles. The lowest BCUT2D eigenvalue weighted by Gasteiger charge is -1.97. The van der Waals surface area contributed by atoms with Gasteiger partial charge in [-0.15, -0.1) is 0 Å². The molecule has 0 unspecified atom stereocenters. The number of nitrogen functional groups attached to an aromatic ring is 1. The summed E-state index contributed by atoms with van der Waals surface area (Å²) >= 11 is 0. The smallest absolute Gasteiger partial charge is 0.138 e. The highest BCUT2D eigenvalue weighted by atomic mass is 16.3. The van der Waals surface area contributed by atoms with E-state index in [1.54, 1.807) is 12.1 Å². The van der Waals surface area contributed by atoms with Gasteiger partial charge in [0.1, 0.15) is 5.75 Å². The third-order valence-electron chi connectivity index (χ3n) is 1.18. The molecule has 0 heterocycles. The monoisotopic (exact) mass is 153 g/mol. The number of aromatic hydroxyl groups is 1. The van der Waals surface area contributed by atoms with Crippen LogP contribution in [0.2, 0.25) is 0 Å². The number of rotatable bonds is 0. The molecule has 0 saturated carbocycles. The Morgan fingerprint density at radius 1 is 1.27 bits per heavy atom. The van der Waals surface area contributed by atoms with Crippen molar-refractivity contribution >= 4 is 5.69 Å². The van der Waals surface area contributed by atoms with Crippen LogP contribution in [0.25, 0.3) is 0 Å². The van der Waals surface area contributed by atoms with Gasteiger partial charge >= 0.3 is 0 Å². The van der Waals surface area contributed by atoms with E-state index in [1.165, 1.54) is 0 Å². The van der Waals surface area contributed by atoms with Gasteiger partial charge in [0.2, 0.25) is 0 Å². The van der Waals surface area contributed by atoms with Crippen LogP contribution >= 0.6 is 0 Å². The van der Waals surface area contributed by atoms with E-state index in [-0.39, 0.29) is 5.75 Å². The Balaban J connectivity index is 0.000000461. The fourth-order valence-corrected chi connectivity index (χ4v) is 0.674. The van der Waals surface area contributed by atoms with Crippen LogP contribution in [-0.2, 0) is 0 Å². The summed E-state index contributed by atoms with van der Waals surface area (Å²) in [5.41, 5.74) is 6.87. The summed E-state index contributed by atoms with van der Waals surface area (Å²) < 4.78 is 0. The third-order valence-corrected chi connectivity index (χ3v) is 1.18. The first kappa shape index (κ1) is 9.82. The largest absolute Gasteiger partial charge is 0.506 e. The third kappa shape index (κ3) is 2.94. The highest BCUT2D eigenvalue weighted by Gasteiger charge is 1.92. The Morgan fingerprint density at radius 3 is 2.18 bits per heavy atom. The number of hydrogen-bond acceptors (Lipinski definition) is 2. The van der Waals surface area contributed by atoms with Gasteiger partial charge in [-0.1, -0.05) is 19.9 Å². The molecule has 3 N–H and O–H groups in total. The Labute approximate surface area is 67.7 Å². The summed E-state index contributed by atoms with van der Waals surface area (Å²) in [6, 6.07) is 5.13. The van der Waals surface area contributed by atoms with Gasteiger partial charge in [0, 0.05) is 0 Å². The maximum atomic E-state index is 8.92. The highest BCUT2D eigenvalue weighted by Crippen LogP contribution is 2.19. The molecule has 0 aliphatic carbocycles. The van der Waals surface area contributed by atoms with E-state index in [2.05, 4.69) is 0 Å². The average Bonchev–Trinajstić information content (AvgIpc) is 2.02. The minimum atomic E-state index is 0.153. The summed E-state index contributed by atoms with van der Waals surface area (Å²) in [6.07, 6.45) is 0. The normalized spacial score (nSPS) is 8.27. The second-order valence-electron chi connectivity index (χ2n) is 2.06. The van der Waals surface area contributed by atoms with Gasteiger partial charge in [0.25, 0.3) is 0 Å². The van der Waals surface area contributed by atoms with Gasteiger partial charge in [-0.2, -0.15) is 0 Å². The lowest BCUT2D eigenvalue weighted by Crippen LogP contribution is -1.85. The Hall–Kier alpha value is -1.18. The molecule has 2 heteroatoms. The summed E-state index contributed by atoms with van der Waals surface area (Å²) in [6.45, 7) is 5.93. The van der Waals surface area contributed by atoms with E-state index in [1.807, 2.05) is 26.8 Å². The molecule has 0 amide bonds.